The quantitative estimate of drug-likeness (QED) is 0.395. The first kappa shape index (κ1) is 17.5. The van der Waals surface area contributed by atoms with Gasteiger partial charge in [0.1, 0.15) is 5.82 Å². The van der Waals surface area contributed by atoms with Gasteiger partial charge in [0.25, 0.3) is 0 Å². The van der Waals surface area contributed by atoms with E-state index in [2.05, 4.69) is 20.6 Å². The molecule has 3 rings (SSSR count). The van der Waals surface area contributed by atoms with Gasteiger partial charge in [0.15, 0.2) is 0 Å². The molecule has 0 saturated carbocycles. The van der Waals surface area contributed by atoms with Gasteiger partial charge in [-0.25, -0.2) is 4.98 Å². The Labute approximate surface area is 144 Å². The molecule has 0 aliphatic carbocycles. The average molecular weight is 366 g/mol. The van der Waals surface area contributed by atoms with Gasteiger partial charge in [0, 0.05) is 25.4 Å². The van der Waals surface area contributed by atoms with Crippen LogP contribution < -0.4 is 10.6 Å². The molecule has 0 saturated heterocycles. The average Bonchev–Trinajstić information content (AvgIpc) is 2.97. The summed E-state index contributed by atoms with van der Waals surface area (Å²) in [6, 6.07) is 7.16. The normalized spacial score (nSPS) is 11.5. The lowest BCUT2D eigenvalue weighted by atomic mass is 10.3. The molecule has 26 heavy (non-hydrogen) atoms. The van der Waals surface area contributed by atoms with E-state index in [0.29, 0.717) is 5.65 Å². The van der Waals surface area contributed by atoms with E-state index in [1.165, 1.54) is 16.7 Å². The minimum absolute atomic E-state index is 0.114. The Bertz CT molecular complexity index is 923. The number of pyridine rings is 2. The third-order valence-electron chi connectivity index (χ3n) is 3.49. The Morgan fingerprint density at radius 3 is 2.58 bits per heavy atom. The van der Waals surface area contributed by atoms with Crippen molar-refractivity contribution in [3.63, 3.8) is 0 Å². The maximum Gasteiger partial charge on any atom is 0.417 e. The van der Waals surface area contributed by atoms with Crippen LogP contribution in [-0.4, -0.2) is 32.4 Å². The van der Waals surface area contributed by atoms with Crippen LogP contribution in [0.15, 0.2) is 42.7 Å². The highest BCUT2D eigenvalue weighted by Gasteiger charge is 2.30. The Kier molecular flexibility index (Phi) is 4.61. The van der Waals surface area contributed by atoms with Gasteiger partial charge in [-0.05, 0) is 23.1 Å². The highest BCUT2D eigenvalue weighted by Crippen LogP contribution is 2.29. The van der Waals surface area contributed by atoms with Crippen LogP contribution in [0.5, 0.6) is 0 Å². The zero-order valence-electron chi connectivity index (χ0n) is 13.2. The fourth-order valence-electron chi connectivity index (χ4n) is 2.31. The number of nitrogens with one attached hydrogen (secondary N) is 2. The van der Waals surface area contributed by atoms with Crippen LogP contribution >= 0.6 is 0 Å². The first-order chi connectivity index (χ1) is 12.4. The Morgan fingerprint density at radius 2 is 1.92 bits per heavy atom. The van der Waals surface area contributed by atoms with Crippen LogP contribution in [0, 0.1) is 10.1 Å². The highest BCUT2D eigenvalue weighted by atomic mass is 19.4. The number of aromatic nitrogens is 3. The van der Waals surface area contributed by atoms with Crippen molar-refractivity contribution in [2.75, 3.05) is 23.7 Å². The van der Waals surface area contributed by atoms with E-state index in [4.69, 9.17) is 0 Å². The first-order valence-electron chi connectivity index (χ1n) is 7.49. The highest BCUT2D eigenvalue weighted by molar-refractivity contribution is 5.62. The number of rotatable bonds is 6. The second kappa shape index (κ2) is 6.86. The summed E-state index contributed by atoms with van der Waals surface area (Å²) in [5.41, 5.74) is -0.402. The number of anilines is 2. The molecule has 0 atom stereocenters. The van der Waals surface area contributed by atoms with Gasteiger partial charge in [0.05, 0.1) is 11.8 Å². The molecule has 3 aromatic heterocycles. The van der Waals surface area contributed by atoms with E-state index in [1.807, 2.05) is 0 Å². The van der Waals surface area contributed by atoms with Gasteiger partial charge < -0.3 is 20.7 Å². The van der Waals surface area contributed by atoms with Gasteiger partial charge in [0.2, 0.25) is 11.5 Å². The maximum atomic E-state index is 12.5. The molecular weight excluding hydrogens is 353 g/mol. The Morgan fingerprint density at radius 1 is 1.15 bits per heavy atom. The SMILES string of the molecule is O=[N+]([O-])c1c(NCCNc2ccc(C(F)(F)F)cn2)nc2ccccn12. The third-order valence-corrected chi connectivity index (χ3v) is 3.49. The van der Waals surface area contributed by atoms with E-state index in [-0.39, 0.29) is 30.5 Å². The summed E-state index contributed by atoms with van der Waals surface area (Å²) < 4.78 is 38.8. The molecule has 0 aromatic carbocycles. The molecule has 3 heterocycles. The lowest BCUT2D eigenvalue weighted by molar-refractivity contribution is -0.389. The Balaban J connectivity index is 1.61. The molecule has 0 unspecified atom stereocenters. The van der Waals surface area contributed by atoms with Crippen molar-refractivity contribution in [1.82, 2.24) is 14.4 Å². The molecular formula is C15H13F3N6O2. The van der Waals surface area contributed by atoms with Crippen LogP contribution in [0.4, 0.5) is 30.6 Å². The van der Waals surface area contributed by atoms with E-state index in [0.717, 1.165) is 12.3 Å². The molecule has 0 aliphatic heterocycles. The smallest absolute Gasteiger partial charge is 0.368 e. The summed E-state index contributed by atoms with van der Waals surface area (Å²) in [6.45, 7) is 0.539. The van der Waals surface area contributed by atoms with Crippen molar-refractivity contribution in [2.45, 2.75) is 6.18 Å². The first-order valence-corrected chi connectivity index (χ1v) is 7.49. The van der Waals surface area contributed by atoms with E-state index < -0.39 is 16.7 Å². The molecule has 0 radical (unpaired) electrons. The van der Waals surface area contributed by atoms with Crippen LogP contribution in [0.25, 0.3) is 5.65 Å². The number of fused-ring (bicyclic) bond motifs is 1. The number of hydrogen-bond donors (Lipinski definition) is 2. The van der Waals surface area contributed by atoms with Gasteiger partial charge in [-0.1, -0.05) is 6.07 Å². The van der Waals surface area contributed by atoms with Crippen molar-refractivity contribution in [3.8, 4) is 0 Å². The summed E-state index contributed by atoms with van der Waals surface area (Å²) in [5.74, 6) is 0.195. The van der Waals surface area contributed by atoms with Crippen molar-refractivity contribution in [2.24, 2.45) is 0 Å². The summed E-state index contributed by atoms with van der Waals surface area (Å²) in [5, 5.41) is 16.9. The number of nitrogens with zero attached hydrogens (tertiary/aromatic N) is 4. The predicted octanol–water partition coefficient (Wildman–Crippen LogP) is 3.18. The van der Waals surface area contributed by atoms with Crippen LogP contribution in [0.1, 0.15) is 5.56 Å². The molecule has 3 aromatic rings. The van der Waals surface area contributed by atoms with Crippen LogP contribution in [0.3, 0.4) is 0 Å². The molecule has 0 aliphatic rings. The summed E-state index contributed by atoms with van der Waals surface area (Å²) in [4.78, 5) is 18.6. The minimum atomic E-state index is -4.44. The standard InChI is InChI=1S/C15H13F3N6O2/c16-15(17,18)10-4-5-11(21-9-10)19-6-7-20-13-14(24(25)26)23-8-2-1-3-12(23)22-13/h1-5,8-9,20H,6-7H2,(H,19,21). The molecule has 8 nitrogen and oxygen atoms in total. The largest absolute Gasteiger partial charge is 0.417 e. The molecule has 0 bridgehead atoms. The minimum Gasteiger partial charge on any atom is -0.368 e. The van der Waals surface area contributed by atoms with E-state index in [9.17, 15) is 23.3 Å². The number of alkyl halides is 3. The predicted molar refractivity (Wildman–Crippen MR) is 88.1 cm³/mol. The number of nitro groups is 1. The van der Waals surface area contributed by atoms with Gasteiger partial charge in [-0.3, -0.25) is 0 Å². The molecule has 0 fully saturated rings. The van der Waals surface area contributed by atoms with Gasteiger partial charge >= 0.3 is 12.0 Å². The topological polar surface area (TPSA) is 97.4 Å². The molecule has 0 amide bonds. The van der Waals surface area contributed by atoms with Crippen LogP contribution in [0.2, 0.25) is 0 Å². The lowest BCUT2D eigenvalue weighted by Crippen LogP contribution is -2.15. The number of hydrogen-bond acceptors (Lipinski definition) is 6. The monoisotopic (exact) mass is 366 g/mol. The van der Waals surface area contributed by atoms with Gasteiger partial charge in [-0.2, -0.15) is 22.6 Å². The fourth-order valence-corrected chi connectivity index (χ4v) is 2.31. The summed E-state index contributed by atoms with van der Waals surface area (Å²) >= 11 is 0. The van der Waals surface area contributed by atoms with Crippen molar-refractivity contribution in [3.05, 3.63) is 58.4 Å². The zero-order chi connectivity index (χ0) is 18.7. The summed E-state index contributed by atoms with van der Waals surface area (Å²) in [7, 11) is 0. The fraction of sp³-hybridized carbons (Fsp3) is 0.200. The Hall–Kier alpha value is -3.37. The van der Waals surface area contributed by atoms with E-state index >= 15 is 0 Å². The molecule has 2 N–H and O–H groups in total. The van der Waals surface area contributed by atoms with Crippen molar-refractivity contribution >= 4 is 23.1 Å². The zero-order valence-corrected chi connectivity index (χ0v) is 13.2. The maximum absolute atomic E-state index is 12.5. The molecule has 11 heteroatoms. The van der Waals surface area contributed by atoms with E-state index in [1.54, 1.807) is 18.2 Å². The lowest BCUT2D eigenvalue weighted by Gasteiger charge is -2.09. The molecule has 136 valence electrons. The summed E-state index contributed by atoms with van der Waals surface area (Å²) in [6.07, 6.45) is -2.16. The number of halogens is 3. The van der Waals surface area contributed by atoms with Crippen LogP contribution in [-0.2, 0) is 6.18 Å². The second-order valence-corrected chi connectivity index (χ2v) is 5.25. The van der Waals surface area contributed by atoms with Crippen molar-refractivity contribution < 1.29 is 18.1 Å². The molecule has 0 spiro atoms. The van der Waals surface area contributed by atoms with Gasteiger partial charge in [-0.15, -0.1) is 0 Å². The number of imidazole rings is 1. The third kappa shape index (κ3) is 3.66. The van der Waals surface area contributed by atoms with Crippen molar-refractivity contribution in [1.29, 1.82) is 0 Å². The second-order valence-electron chi connectivity index (χ2n) is 5.25.